The predicted octanol–water partition coefficient (Wildman–Crippen LogP) is 1.97. The Kier molecular flexibility index (Phi) is 3.38. The molecule has 0 amide bonds. The summed E-state index contributed by atoms with van der Waals surface area (Å²) in [5.74, 6) is 0.205. The molecule has 1 aromatic rings. The van der Waals surface area contributed by atoms with E-state index in [0.717, 1.165) is 5.56 Å². The van der Waals surface area contributed by atoms with E-state index in [-0.39, 0.29) is 12.4 Å². The topological polar surface area (TPSA) is 40.5 Å². The summed E-state index contributed by atoms with van der Waals surface area (Å²) >= 11 is 5.64. The SMILES string of the molecule is OCCCc1ccc(Cl)cc1O. The molecule has 12 heavy (non-hydrogen) atoms. The lowest BCUT2D eigenvalue weighted by Gasteiger charge is -2.02. The molecule has 1 rings (SSSR count). The van der Waals surface area contributed by atoms with Crippen LogP contribution >= 0.6 is 11.6 Å². The minimum atomic E-state index is 0.141. The number of halogens is 1. The van der Waals surface area contributed by atoms with Gasteiger partial charge in [-0.15, -0.1) is 0 Å². The first kappa shape index (κ1) is 9.36. The largest absolute Gasteiger partial charge is 0.508 e. The van der Waals surface area contributed by atoms with Crippen molar-refractivity contribution in [3.8, 4) is 5.75 Å². The summed E-state index contributed by atoms with van der Waals surface area (Å²) in [6, 6.07) is 5.01. The van der Waals surface area contributed by atoms with Gasteiger partial charge >= 0.3 is 0 Å². The third-order valence-corrected chi connectivity index (χ3v) is 1.89. The van der Waals surface area contributed by atoms with Gasteiger partial charge in [0, 0.05) is 11.6 Å². The lowest BCUT2D eigenvalue weighted by molar-refractivity contribution is 0.288. The molecule has 0 atom stereocenters. The Hall–Kier alpha value is -0.730. The number of rotatable bonds is 3. The average Bonchev–Trinajstić information content (AvgIpc) is 2.03. The quantitative estimate of drug-likeness (QED) is 0.758. The molecule has 1 aromatic carbocycles. The summed E-state index contributed by atoms with van der Waals surface area (Å²) in [4.78, 5) is 0. The molecule has 2 N–H and O–H groups in total. The number of hydrogen-bond acceptors (Lipinski definition) is 2. The molecule has 0 aliphatic rings. The van der Waals surface area contributed by atoms with Gasteiger partial charge in [0.15, 0.2) is 0 Å². The molecule has 0 spiro atoms. The highest BCUT2D eigenvalue weighted by molar-refractivity contribution is 6.30. The van der Waals surface area contributed by atoms with Crippen molar-refractivity contribution in [2.45, 2.75) is 12.8 Å². The fraction of sp³-hybridized carbons (Fsp3) is 0.333. The highest BCUT2D eigenvalue weighted by atomic mass is 35.5. The van der Waals surface area contributed by atoms with Crippen molar-refractivity contribution in [2.24, 2.45) is 0 Å². The first-order valence-corrected chi connectivity index (χ1v) is 4.20. The first-order valence-electron chi connectivity index (χ1n) is 3.82. The van der Waals surface area contributed by atoms with Gasteiger partial charge in [-0.2, -0.15) is 0 Å². The van der Waals surface area contributed by atoms with Crippen molar-refractivity contribution in [1.82, 2.24) is 0 Å². The molecular formula is C9H11ClO2. The molecule has 2 nitrogen and oxygen atoms in total. The fourth-order valence-corrected chi connectivity index (χ4v) is 1.18. The zero-order chi connectivity index (χ0) is 8.97. The number of aryl methyl sites for hydroxylation is 1. The van der Waals surface area contributed by atoms with Crippen LogP contribution in [0.15, 0.2) is 18.2 Å². The Morgan fingerprint density at radius 2 is 2.08 bits per heavy atom. The van der Waals surface area contributed by atoms with Crippen molar-refractivity contribution < 1.29 is 10.2 Å². The van der Waals surface area contributed by atoms with Crippen LogP contribution in [0.4, 0.5) is 0 Å². The highest BCUT2D eigenvalue weighted by Gasteiger charge is 2.00. The molecular weight excluding hydrogens is 176 g/mol. The van der Waals surface area contributed by atoms with Crippen LogP contribution in [0.3, 0.4) is 0 Å². The molecule has 0 heterocycles. The molecule has 0 aliphatic carbocycles. The second-order valence-corrected chi connectivity index (χ2v) is 3.04. The molecule has 0 aromatic heterocycles. The predicted molar refractivity (Wildman–Crippen MR) is 48.5 cm³/mol. The summed E-state index contributed by atoms with van der Waals surface area (Å²) in [7, 11) is 0. The normalized spacial score (nSPS) is 10.2. The third kappa shape index (κ3) is 2.40. The number of phenols is 1. The van der Waals surface area contributed by atoms with Crippen molar-refractivity contribution in [3.63, 3.8) is 0 Å². The van der Waals surface area contributed by atoms with Crippen molar-refractivity contribution in [3.05, 3.63) is 28.8 Å². The van der Waals surface area contributed by atoms with E-state index in [2.05, 4.69) is 0 Å². The van der Waals surface area contributed by atoms with Gasteiger partial charge in [0.1, 0.15) is 5.75 Å². The van der Waals surface area contributed by atoms with E-state index >= 15 is 0 Å². The number of hydrogen-bond donors (Lipinski definition) is 2. The lowest BCUT2D eigenvalue weighted by Crippen LogP contribution is -1.89. The third-order valence-electron chi connectivity index (χ3n) is 1.65. The van der Waals surface area contributed by atoms with Crippen LogP contribution in [0.1, 0.15) is 12.0 Å². The molecule has 0 bridgehead atoms. The molecule has 0 radical (unpaired) electrons. The molecule has 3 heteroatoms. The van der Waals surface area contributed by atoms with Gasteiger partial charge in [-0.1, -0.05) is 17.7 Å². The van der Waals surface area contributed by atoms with Gasteiger partial charge in [0.25, 0.3) is 0 Å². The molecule has 0 saturated heterocycles. The second kappa shape index (κ2) is 4.33. The van der Waals surface area contributed by atoms with Crippen LogP contribution < -0.4 is 0 Å². The fourth-order valence-electron chi connectivity index (χ4n) is 1.02. The number of aliphatic hydroxyl groups is 1. The van der Waals surface area contributed by atoms with Crippen molar-refractivity contribution in [2.75, 3.05) is 6.61 Å². The van der Waals surface area contributed by atoms with Crippen LogP contribution in [0.5, 0.6) is 5.75 Å². The van der Waals surface area contributed by atoms with Crippen molar-refractivity contribution in [1.29, 1.82) is 0 Å². The average molecular weight is 187 g/mol. The number of benzene rings is 1. The standard InChI is InChI=1S/C9H11ClO2/c10-8-4-3-7(2-1-5-11)9(12)6-8/h3-4,6,11-12H,1-2,5H2. The molecule has 0 aliphatic heterocycles. The summed E-state index contributed by atoms with van der Waals surface area (Å²) in [5, 5.41) is 18.4. The minimum Gasteiger partial charge on any atom is -0.508 e. The maximum Gasteiger partial charge on any atom is 0.120 e. The van der Waals surface area contributed by atoms with Gasteiger partial charge < -0.3 is 10.2 Å². The summed E-state index contributed by atoms with van der Waals surface area (Å²) in [6.07, 6.45) is 1.34. The Labute approximate surface area is 76.4 Å². The van der Waals surface area contributed by atoms with E-state index < -0.39 is 0 Å². The van der Waals surface area contributed by atoms with E-state index in [1.165, 1.54) is 6.07 Å². The van der Waals surface area contributed by atoms with E-state index in [1.807, 2.05) is 0 Å². The maximum absolute atomic E-state index is 9.35. The Balaban J connectivity index is 2.72. The van der Waals surface area contributed by atoms with Gasteiger partial charge in [0.2, 0.25) is 0 Å². The Morgan fingerprint density at radius 3 is 2.67 bits per heavy atom. The molecule has 0 saturated carbocycles. The Morgan fingerprint density at radius 1 is 1.33 bits per heavy atom. The summed E-state index contributed by atoms with van der Waals surface area (Å²) < 4.78 is 0. The summed E-state index contributed by atoms with van der Waals surface area (Å²) in [6.45, 7) is 0.141. The summed E-state index contributed by atoms with van der Waals surface area (Å²) in [5.41, 5.74) is 0.827. The van der Waals surface area contributed by atoms with Crippen LogP contribution in [0.2, 0.25) is 5.02 Å². The van der Waals surface area contributed by atoms with E-state index in [1.54, 1.807) is 12.1 Å². The van der Waals surface area contributed by atoms with Crippen LogP contribution in [-0.2, 0) is 6.42 Å². The van der Waals surface area contributed by atoms with Crippen molar-refractivity contribution >= 4 is 11.6 Å². The Bertz CT molecular complexity index is 261. The number of aliphatic hydroxyl groups excluding tert-OH is 1. The monoisotopic (exact) mass is 186 g/mol. The van der Waals surface area contributed by atoms with E-state index in [0.29, 0.717) is 17.9 Å². The van der Waals surface area contributed by atoms with Gasteiger partial charge in [-0.05, 0) is 30.5 Å². The van der Waals surface area contributed by atoms with E-state index in [4.69, 9.17) is 16.7 Å². The first-order chi connectivity index (χ1) is 5.74. The van der Waals surface area contributed by atoms with Crippen LogP contribution in [0.25, 0.3) is 0 Å². The zero-order valence-electron chi connectivity index (χ0n) is 6.63. The second-order valence-electron chi connectivity index (χ2n) is 2.60. The molecule has 0 unspecified atom stereocenters. The molecule has 66 valence electrons. The van der Waals surface area contributed by atoms with E-state index in [9.17, 15) is 5.11 Å². The minimum absolute atomic E-state index is 0.141. The zero-order valence-corrected chi connectivity index (χ0v) is 7.38. The van der Waals surface area contributed by atoms with Crippen LogP contribution in [0, 0.1) is 0 Å². The maximum atomic E-state index is 9.35. The lowest BCUT2D eigenvalue weighted by atomic mass is 10.1. The number of aromatic hydroxyl groups is 1. The van der Waals surface area contributed by atoms with Crippen LogP contribution in [-0.4, -0.2) is 16.8 Å². The van der Waals surface area contributed by atoms with Gasteiger partial charge in [-0.3, -0.25) is 0 Å². The highest BCUT2D eigenvalue weighted by Crippen LogP contribution is 2.22. The molecule has 0 fully saturated rings. The van der Waals surface area contributed by atoms with Gasteiger partial charge in [-0.25, -0.2) is 0 Å². The smallest absolute Gasteiger partial charge is 0.120 e. The number of phenolic OH excluding ortho intramolecular Hbond substituents is 1. The van der Waals surface area contributed by atoms with Gasteiger partial charge in [0.05, 0.1) is 0 Å².